The molecule has 8 nitrogen and oxygen atoms in total. The molecule has 0 radical (unpaired) electrons. The van der Waals surface area contributed by atoms with Crippen molar-refractivity contribution in [3.8, 4) is 0 Å². The molecule has 0 amide bonds. The third-order valence-electron chi connectivity index (χ3n) is 4.63. The van der Waals surface area contributed by atoms with Crippen LogP contribution in [-0.4, -0.2) is 22.0 Å². The molecular formula is C21H25N3O5S2. The Morgan fingerprint density at radius 3 is 2.03 bits per heavy atom. The van der Waals surface area contributed by atoms with E-state index in [0.29, 0.717) is 11.3 Å². The summed E-state index contributed by atoms with van der Waals surface area (Å²) in [5, 5.41) is 3.60. The van der Waals surface area contributed by atoms with E-state index in [0.717, 1.165) is 5.56 Å². The Kier molecular flexibility index (Phi) is 5.90. The van der Waals surface area contributed by atoms with Crippen molar-refractivity contribution in [2.75, 3.05) is 9.44 Å². The van der Waals surface area contributed by atoms with E-state index in [1.54, 1.807) is 26.0 Å². The Labute approximate surface area is 182 Å². The smallest absolute Gasteiger partial charge is 0.263 e. The Balaban J connectivity index is 1.84. The molecule has 31 heavy (non-hydrogen) atoms. The predicted molar refractivity (Wildman–Crippen MR) is 119 cm³/mol. The average Bonchev–Trinajstić information content (AvgIpc) is 3.05. The third-order valence-corrected chi connectivity index (χ3v) is 7.52. The summed E-state index contributed by atoms with van der Waals surface area (Å²) >= 11 is 0. The molecule has 2 aromatic carbocycles. The molecule has 3 rings (SSSR count). The number of hydrogen-bond donors (Lipinski definition) is 2. The zero-order valence-electron chi connectivity index (χ0n) is 17.9. The molecule has 0 spiro atoms. The van der Waals surface area contributed by atoms with Crippen LogP contribution >= 0.6 is 0 Å². The molecule has 166 valence electrons. The molecule has 0 saturated carbocycles. The first-order chi connectivity index (χ1) is 14.3. The molecule has 10 heteroatoms. The lowest BCUT2D eigenvalue weighted by Crippen LogP contribution is -2.17. The maximum Gasteiger partial charge on any atom is 0.263 e. The molecule has 0 unspecified atom stereocenters. The maximum atomic E-state index is 13.0. The fourth-order valence-corrected chi connectivity index (χ4v) is 5.19. The number of rotatable bonds is 6. The summed E-state index contributed by atoms with van der Waals surface area (Å²) in [5.74, 6) is 0.532. The van der Waals surface area contributed by atoms with Gasteiger partial charge in [0, 0.05) is 11.8 Å². The van der Waals surface area contributed by atoms with Gasteiger partial charge in [-0.05, 0) is 60.7 Å². The average molecular weight is 464 g/mol. The molecule has 0 atom stereocenters. The van der Waals surface area contributed by atoms with Gasteiger partial charge in [0.05, 0.1) is 9.79 Å². The number of nitrogens with zero attached hydrogens (tertiary/aromatic N) is 1. The highest BCUT2D eigenvalue weighted by atomic mass is 32.2. The summed E-state index contributed by atoms with van der Waals surface area (Å²) in [6.45, 7) is 9.40. The minimum absolute atomic E-state index is 0.0398. The van der Waals surface area contributed by atoms with E-state index in [4.69, 9.17) is 4.52 Å². The normalized spacial score (nSPS) is 12.5. The molecule has 1 heterocycles. The topological polar surface area (TPSA) is 118 Å². The van der Waals surface area contributed by atoms with E-state index in [9.17, 15) is 16.8 Å². The quantitative estimate of drug-likeness (QED) is 0.566. The van der Waals surface area contributed by atoms with Gasteiger partial charge in [-0.1, -0.05) is 38.1 Å². The molecule has 0 aliphatic rings. The fourth-order valence-electron chi connectivity index (χ4n) is 2.88. The van der Waals surface area contributed by atoms with E-state index in [1.165, 1.54) is 30.3 Å². The van der Waals surface area contributed by atoms with Crippen LogP contribution in [0.5, 0.6) is 0 Å². The van der Waals surface area contributed by atoms with Gasteiger partial charge in [0.25, 0.3) is 20.0 Å². The molecule has 1 aromatic heterocycles. The summed E-state index contributed by atoms with van der Waals surface area (Å²) in [6, 6.07) is 12.2. The van der Waals surface area contributed by atoms with Crippen LogP contribution in [0.2, 0.25) is 0 Å². The SMILES string of the molecule is Cc1cc(NS(=O)(=O)c2ccc(NS(=O)(=O)c3cc(C(C)(C)C)ccc3C)cc2)no1. The Hall–Kier alpha value is -2.85. The molecule has 0 fully saturated rings. The van der Waals surface area contributed by atoms with E-state index in [-0.39, 0.29) is 26.7 Å². The van der Waals surface area contributed by atoms with E-state index in [2.05, 4.69) is 14.6 Å². The van der Waals surface area contributed by atoms with Gasteiger partial charge in [-0.25, -0.2) is 16.8 Å². The van der Waals surface area contributed by atoms with Crippen LogP contribution in [0, 0.1) is 13.8 Å². The molecule has 0 saturated heterocycles. The fraction of sp³-hybridized carbons (Fsp3) is 0.286. The van der Waals surface area contributed by atoms with Gasteiger partial charge < -0.3 is 4.52 Å². The highest BCUT2D eigenvalue weighted by Crippen LogP contribution is 2.28. The van der Waals surface area contributed by atoms with Crippen molar-refractivity contribution in [1.82, 2.24) is 5.16 Å². The standard InChI is InChI=1S/C21H25N3O5S2/c1-14-6-7-16(21(3,4)5)13-19(14)31(27,28)23-17-8-10-18(11-9-17)30(25,26)24-20-12-15(2)29-22-20/h6-13,23H,1-5H3,(H,22,24). The lowest BCUT2D eigenvalue weighted by Gasteiger charge is -2.21. The van der Waals surface area contributed by atoms with Crippen molar-refractivity contribution >= 4 is 31.6 Å². The van der Waals surface area contributed by atoms with Crippen LogP contribution in [0.4, 0.5) is 11.5 Å². The molecular weight excluding hydrogens is 438 g/mol. The summed E-state index contributed by atoms with van der Waals surface area (Å²) in [6.07, 6.45) is 0. The number of aromatic nitrogens is 1. The second-order valence-corrected chi connectivity index (χ2v) is 11.6. The number of hydrogen-bond acceptors (Lipinski definition) is 6. The molecule has 3 aromatic rings. The minimum atomic E-state index is -3.89. The first-order valence-electron chi connectivity index (χ1n) is 9.48. The zero-order valence-corrected chi connectivity index (χ0v) is 19.6. The highest BCUT2D eigenvalue weighted by molar-refractivity contribution is 7.93. The largest absolute Gasteiger partial charge is 0.360 e. The number of benzene rings is 2. The van der Waals surface area contributed by atoms with Gasteiger partial charge in [-0.15, -0.1) is 0 Å². The van der Waals surface area contributed by atoms with Crippen molar-refractivity contribution in [3.63, 3.8) is 0 Å². The number of anilines is 2. The monoisotopic (exact) mass is 463 g/mol. The first kappa shape index (κ1) is 22.8. The van der Waals surface area contributed by atoms with Gasteiger partial charge in [0.15, 0.2) is 5.82 Å². The highest BCUT2D eigenvalue weighted by Gasteiger charge is 2.22. The molecule has 2 N–H and O–H groups in total. The van der Waals surface area contributed by atoms with Crippen LogP contribution in [0.15, 0.2) is 62.8 Å². The lowest BCUT2D eigenvalue weighted by molar-refractivity contribution is 0.400. The van der Waals surface area contributed by atoms with Crippen molar-refractivity contribution < 1.29 is 21.4 Å². The van der Waals surface area contributed by atoms with Crippen molar-refractivity contribution in [2.45, 2.75) is 49.8 Å². The van der Waals surface area contributed by atoms with Crippen molar-refractivity contribution in [2.24, 2.45) is 0 Å². The van der Waals surface area contributed by atoms with E-state index < -0.39 is 20.0 Å². The number of aryl methyl sites for hydroxylation is 2. The lowest BCUT2D eigenvalue weighted by atomic mass is 9.87. The third kappa shape index (κ3) is 5.26. The Morgan fingerprint density at radius 1 is 0.839 bits per heavy atom. The van der Waals surface area contributed by atoms with Crippen LogP contribution < -0.4 is 9.44 Å². The second kappa shape index (κ2) is 8.01. The van der Waals surface area contributed by atoms with Gasteiger partial charge >= 0.3 is 0 Å². The minimum Gasteiger partial charge on any atom is -0.360 e. The number of sulfonamides is 2. The van der Waals surface area contributed by atoms with Gasteiger partial charge in [-0.2, -0.15) is 0 Å². The van der Waals surface area contributed by atoms with Gasteiger partial charge in [-0.3, -0.25) is 9.44 Å². The second-order valence-electron chi connectivity index (χ2n) is 8.29. The first-order valence-corrected chi connectivity index (χ1v) is 12.4. The van der Waals surface area contributed by atoms with Crippen LogP contribution in [0.3, 0.4) is 0 Å². The summed E-state index contributed by atoms with van der Waals surface area (Å²) in [4.78, 5) is 0.140. The van der Waals surface area contributed by atoms with Crippen LogP contribution in [0.25, 0.3) is 0 Å². The molecule has 0 aliphatic carbocycles. The zero-order chi connectivity index (χ0) is 23.0. The maximum absolute atomic E-state index is 13.0. The van der Waals surface area contributed by atoms with Crippen LogP contribution in [-0.2, 0) is 25.5 Å². The number of nitrogens with one attached hydrogen (secondary N) is 2. The van der Waals surface area contributed by atoms with Crippen LogP contribution in [0.1, 0.15) is 37.7 Å². The van der Waals surface area contributed by atoms with Crippen molar-refractivity contribution in [3.05, 3.63) is 65.4 Å². The van der Waals surface area contributed by atoms with E-state index in [1.807, 2.05) is 26.8 Å². The summed E-state index contributed by atoms with van der Waals surface area (Å²) < 4.78 is 60.5. The van der Waals surface area contributed by atoms with Gasteiger partial charge in [0.1, 0.15) is 5.76 Å². The molecule has 0 bridgehead atoms. The van der Waals surface area contributed by atoms with Gasteiger partial charge in [0.2, 0.25) is 0 Å². The Bertz CT molecular complexity index is 1300. The summed E-state index contributed by atoms with van der Waals surface area (Å²) in [7, 11) is -7.75. The van der Waals surface area contributed by atoms with Crippen molar-refractivity contribution in [1.29, 1.82) is 0 Å². The van der Waals surface area contributed by atoms with E-state index >= 15 is 0 Å². The predicted octanol–water partition coefficient (Wildman–Crippen LogP) is 4.19. The summed E-state index contributed by atoms with van der Waals surface area (Å²) in [5.41, 5.74) is 1.56. The molecule has 0 aliphatic heterocycles. The Morgan fingerprint density at radius 2 is 1.48 bits per heavy atom.